The van der Waals surface area contributed by atoms with E-state index in [0.29, 0.717) is 0 Å². The lowest BCUT2D eigenvalue weighted by Crippen LogP contribution is -2.02. The van der Waals surface area contributed by atoms with Crippen molar-refractivity contribution in [1.82, 2.24) is 0 Å². The lowest BCUT2D eigenvalue weighted by atomic mass is 9.88. The molecule has 0 saturated carbocycles. The van der Waals surface area contributed by atoms with Gasteiger partial charge in [-0.2, -0.15) is 0 Å². The number of rotatable bonds is 1. The van der Waals surface area contributed by atoms with Gasteiger partial charge in [0.15, 0.2) is 0 Å². The second kappa shape index (κ2) is 4.96. The number of thiophene rings is 1. The van der Waals surface area contributed by atoms with Crippen LogP contribution in [0.5, 0.6) is 0 Å². The number of benzene rings is 2. The van der Waals surface area contributed by atoms with Crippen molar-refractivity contribution in [1.29, 1.82) is 0 Å². The summed E-state index contributed by atoms with van der Waals surface area (Å²) in [6, 6.07) is 15.4. The normalized spacial score (nSPS) is 16.9. The zero-order valence-corrected chi connectivity index (χ0v) is 13.7. The van der Waals surface area contributed by atoms with Gasteiger partial charge in [0.05, 0.1) is 0 Å². The topological polar surface area (TPSA) is 0 Å². The van der Waals surface area contributed by atoms with E-state index in [1.54, 1.807) is 0 Å². The smallest absolute Gasteiger partial charge is 0.0361 e. The van der Waals surface area contributed by atoms with Crippen molar-refractivity contribution >= 4 is 37.1 Å². The van der Waals surface area contributed by atoms with E-state index in [1.165, 1.54) is 31.3 Å². The van der Waals surface area contributed by atoms with Gasteiger partial charge >= 0.3 is 0 Å². The van der Waals surface area contributed by atoms with Crippen LogP contribution in [0, 0.1) is 5.41 Å². The van der Waals surface area contributed by atoms with Gasteiger partial charge in [-0.15, -0.1) is 11.3 Å². The molecule has 1 heterocycles. The molecule has 0 N–H and O–H groups in total. The predicted octanol–water partition coefficient (Wildman–Crippen LogP) is 6.59. The monoisotopic (exact) mass is 302 g/mol. The van der Waals surface area contributed by atoms with Gasteiger partial charge in [-0.1, -0.05) is 74.6 Å². The van der Waals surface area contributed by atoms with E-state index in [0.717, 1.165) is 0 Å². The fourth-order valence-corrected chi connectivity index (χ4v) is 4.27. The Bertz CT molecular complexity index is 948. The molecule has 1 heteroatoms. The van der Waals surface area contributed by atoms with Crippen LogP contribution in [-0.4, -0.2) is 0 Å². The maximum Gasteiger partial charge on any atom is 0.0361 e. The third kappa shape index (κ3) is 2.22. The summed E-state index contributed by atoms with van der Waals surface area (Å²) in [5, 5.41) is 2.75. The molecule has 108 valence electrons. The second-order valence-electron chi connectivity index (χ2n) is 6.42. The second-order valence-corrected chi connectivity index (χ2v) is 7.50. The zero-order valence-electron chi connectivity index (χ0n) is 12.8. The van der Waals surface area contributed by atoms with Crippen molar-refractivity contribution in [3.8, 4) is 0 Å². The van der Waals surface area contributed by atoms with Gasteiger partial charge in [-0.3, -0.25) is 0 Å². The van der Waals surface area contributed by atoms with E-state index in [1.807, 2.05) is 11.3 Å². The molecule has 0 unspecified atom stereocenters. The first-order valence-electron chi connectivity index (χ1n) is 7.63. The third-order valence-corrected chi connectivity index (χ3v) is 5.29. The van der Waals surface area contributed by atoms with Crippen molar-refractivity contribution in [2.24, 2.45) is 5.41 Å². The average Bonchev–Trinajstić information content (AvgIpc) is 2.78. The zero-order chi connectivity index (χ0) is 15.2. The fraction of sp³-hybridized carbons (Fsp3) is 0.143. The van der Waals surface area contributed by atoms with Gasteiger partial charge in [0.2, 0.25) is 0 Å². The van der Waals surface area contributed by atoms with Crippen LogP contribution in [0.4, 0.5) is 0 Å². The van der Waals surface area contributed by atoms with Gasteiger partial charge < -0.3 is 0 Å². The molecule has 2 aromatic carbocycles. The molecule has 0 bridgehead atoms. The summed E-state index contributed by atoms with van der Waals surface area (Å²) < 4.78 is 2.73. The van der Waals surface area contributed by atoms with Crippen molar-refractivity contribution in [3.63, 3.8) is 0 Å². The highest BCUT2D eigenvalue weighted by molar-refractivity contribution is 7.25. The Balaban J connectivity index is 2.05. The summed E-state index contributed by atoms with van der Waals surface area (Å²) in [4.78, 5) is 0. The highest BCUT2D eigenvalue weighted by Gasteiger charge is 2.16. The molecule has 1 aromatic heterocycles. The van der Waals surface area contributed by atoms with E-state index >= 15 is 0 Å². The van der Waals surface area contributed by atoms with Crippen LogP contribution >= 0.6 is 11.3 Å². The molecule has 3 aromatic rings. The lowest BCUT2D eigenvalue weighted by Gasteiger charge is -2.16. The molecular formula is C21H18S. The Morgan fingerprint density at radius 3 is 2.59 bits per heavy atom. The van der Waals surface area contributed by atoms with Crippen molar-refractivity contribution in [2.75, 3.05) is 0 Å². The van der Waals surface area contributed by atoms with Crippen LogP contribution in [0.1, 0.15) is 19.4 Å². The van der Waals surface area contributed by atoms with Gasteiger partial charge in [0.25, 0.3) is 0 Å². The summed E-state index contributed by atoms with van der Waals surface area (Å²) in [6.07, 6.45) is 11.1. The highest BCUT2D eigenvalue weighted by Crippen LogP contribution is 2.39. The molecule has 0 radical (unpaired) electrons. The Labute approximate surface area is 135 Å². The molecule has 1 aliphatic rings. The molecule has 0 fully saturated rings. The van der Waals surface area contributed by atoms with Crippen LogP contribution in [0.3, 0.4) is 0 Å². The largest absolute Gasteiger partial charge is 0.135 e. The Morgan fingerprint density at radius 2 is 1.68 bits per heavy atom. The maximum absolute atomic E-state index is 2.37. The summed E-state index contributed by atoms with van der Waals surface area (Å²) in [7, 11) is 0. The number of allylic oxidation sites excluding steroid dienone is 6. The molecule has 4 rings (SSSR count). The summed E-state index contributed by atoms with van der Waals surface area (Å²) in [5.74, 6) is 0. The van der Waals surface area contributed by atoms with E-state index in [4.69, 9.17) is 0 Å². The quantitative estimate of drug-likeness (QED) is 0.475. The Kier molecular flexibility index (Phi) is 3.05. The molecule has 0 saturated heterocycles. The van der Waals surface area contributed by atoms with Gasteiger partial charge in [0, 0.05) is 25.6 Å². The van der Waals surface area contributed by atoms with Gasteiger partial charge in [0.1, 0.15) is 0 Å². The first kappa shape index (κ1) is 13.5. The fourth-order valence-electron chi connectivity index (χ4n) is 3.14. The van der Waals surface area contributed by atoms with Crippen LogP contribution in [0.15, 0.2) is 72.8 Å². The van der Waals surface area contributed by atoms with Crippen LogP contribution in [-0.2, 0) is 0 Å². The maximum atomic E-state index is 2.37. The van der Waals surface area contributed by atoms with Crippen molar-refractivity contribution in [2.45, 2.75) is 13.8 Å². The van der Waals surface area contributed by atoms with Crippen LogP contribution in [0.2, 0.25) is 0 Å². The first-order valence-corrected chi connectivity index (χ1v) is 8.45. The molecule has 0 amide bonds. The van der Waals surface area contributed by atoms with Crippen LogP contribution < -0.4 is 0 Å². The average molecular weight is 302 g/mol. The van der Waals surface area contributed by atoms with E-state index in [2.05, 4.69) is 86.7 Å². The number of hydrogen-bond donors (Lipinski definition) is 0. The molecule has 0 aliphatic heterocycles. The Morgan fingerprint density at radius 1 is 0.864 bits per heavy atom. The van der Waals surface area contributed by atoms with E-state index in [-0.39, 0.29) is 5.41 Å². The molecule has 1 aliphatic carbocycles. The van der Waals surface area contributed by atoms with E-state index in [9.17, 15) is 0 Å². The lowest BCUT2D eigenvalue weighted by molar-refractivity contribution is 0.629. The van der Waals surface area contributed by atoms with E-state index < -0.39 is 0 Å². The first-order chi connectivity index (χ1) is 10.6. The third-order valence-electron chi connectivity index (χ3n) is 4.15. The minimum atomic E-state index is 0.0762. The van der Waals surface area contributed by atoms with Crippen molar-refractivity contribution in [3.05, 3.63) is 78.4 Å². The van der Waals surface area contributed by atoms with Crippen molar-refractivity contribution < 1.29 is 0 Å². The number of fused-ring (bicyclic) bond motifs is 3. The highest BCUT2D eigenvalue weighted by atomic mass is 32.1. The minimum Gasteiger partial charge on any atom is -0.135 e. The van der Waals surface area contributed by atoms with Gasteiger partial charge in [-0.05, 0) is 23.3 Å². The predicted molar refractivity (Wildman–Crippen MR) is 99.4 cm³/mol. The SMILES string of the molecule is CC1(C)C=CC=CC(c2cccc3sc4ccccc4c23)=C1. The summed E-state index contributed by atoms with van der Waals surface area (Å²) >= 11 is 1.88. The summed E-state index contributed by atoms with van der Waals surface area (Å²) in [6.45, 7) is 4.50. The molecule has 0 atom stereocenters. The number of hydrogen-bond acceptors (Lipinski definition) is 1. The van der Waals surface area contributed by atoms with Crippen LogP contribution in [0.25, 0.3) is 25.7 Å². The molecule has 22 heavy (non-hydrogen) atoms. The van der Waals surface area contributed by atoms with Gasteiger partial charge in [-0.25, -0.2) is 0 Å². The molecule has 0 nitrogen and oxygen atoms in total. The summed E-state index contributed by atoms with van der Waals surface area (Å²) in [5.41, 5.74) is 2.72. The molecular weight excluding hydrogens is 284 g/mol. The minimum absolute atomic E-state index is 0.0762. The standard InChI is InChI=1S/C21H18S/c1-21(2)13-6-5-8-15(14-21)16-10-7-12-19-20(16)17-9-3-4-11-18(17)22-19/h3-14H,1-2H3. The Hall–Kier alpha value is -2.12. The molecule has 0 spiro atoms.